The van der Waals surface area contributed by atoms with E-state index in [0.29, 0.717) is 10.6 Å². The molecule has 0 amide bonds. The minimum atomic E-state index is -3.18. The van der Waals surface area contributed by atoms with Gasteiger partial charge in [0.1, 0.15) is 0 Å². The van der Waals surface area contributed by atoms with Crippen LogP contribution in [-0.2, 0) is 9.84 Å². The van der Waals surface area contributed by atoms with Crippen molar-refractivity contribution < 1.29 is 8.42 Å². The van der Waals surface area contributed by atoms with Crippen LogP contribution in [0.2, 0.25) is 0 Å². The maximum Gasteiger partial charge on any atom is 0.181 e. The maximum atomic E-state index is 12.6. The first-order chi connectivity index (χ1) is 8.51. The molecule has 0 saturated heterocycles. The smallest absolute Gasteiger partial charge is 0.181 e. The highest BCUT2D eigenvalue weighted by Gasteiger charge is 2.28. The van der Waals surface area contributed by atoms with Gasteiger partial charge in [-0.2, -0.15) is 0 Å². The van der Waals surface area contributed by atoms with Crippen LogP contribution in [0, 0.1) is 6.92 Å². The third kappa shape index (κ3) is 2.69. The van der Waals surface area contributed by atoms with E-state index in [9.17, 15) is 8.42 Å². The fraction of sp³-hybridized carbons (Fsp3) is 0.571. The second kappa shape index (κ2) is 5.31. The van der Waals surface area contributed by atoms with Crippen LogP contribution in [0.15, 0.2) is 23.1 Å². The molecule has 2 N–H and O–H groups in total. The Hall–Kier alpha value is -1.03. The number of aryl methyl sites for hydroxylation is 1. The summed E-state index contributed by atoms with van der Waals surface area (Å²) in [6, 6.07) is 5.04. The first kappa shape index (κ1) is 13.4. The van der Waals surface area contributed by atoms with Gasteiger partial charge in [0.05, 0.1) is 10.1 Å². The fourth-order valence-electron chi connectivity index (χ4n) is 2.57. The summed E-state index contributed by atoms with van der Waals surface area (Å²) < 4.78 is 25.1. The number of nitrogens with two attached hydrogens (primary N) is 1. The van der Waals surface area contributed by atoms with E-state index >= 15 is 0 Å². The molecule has 1 fully saturated rings. The summed E-state index contributed by atoms with van der Waals surface area (Å²) in [6.07, 6.45) is 5.97. The number of sulfone groups is 1. The standard InChI is InChI=1S/C14H21NO2S/c1-11-10-13(8-9-14(11)15)18(16,17)12-6-4-2-3-5-7-12/h8-10,12H,2-7,15H2,1H3. The predicted molar refractivity (Wildman–Crippen MR) is 74.3 cm³/mol. The molecule has 1 aliphatic carbocycles. The number of nitrogen functional groups attached to an aromatic ring is 1. The summed E-state index contributed by atoms with van der Waals surface area (Å²) >= 11 is 0. The monoisotopic (exact) mass is 267 g/mol. The molecule has 0 unspecified atom stereocenters. The van der Waals surface area contributed by atoms with Gasteiger partial charge in [-0.15, -0.1) is 0 Å². The van der Waals surface area contributed by atoms with Gasteiger partial charge in [-0.25, -0.2) is 8.42 Å². The zero-order valence-corrected chi connectivity index (χ0v) is 11.7. The van der Waals surface area contributed by atoms with E-state index in [0.717, 1.165) is 44.1 Å². The molecular weight excluding hydrogens is 246 g/mol. The number of hydrogen-bond donors (Lipinski definition) is 1. The lowest BCUT2D eigenvalue weighted by Crippen LogP contribution is -2.21. The van der Waals surface area contributed by atoms with Gasteiger partial charge in [-0.3, -0.25) is 0 Å². The Kier molecular flexibility index (Phi) is 3.95. The second-order valence-corrected chi connectivity index (χ2v) is 7.41. The molecule has 0 atom stereocenters. The van der Waals surface area contributed by atoms with Crippen molar-refractivity contribution in [3.63, 3.8) is 0 Å². The molecule has 0 aliphatic heterocycles. The fourth-order valence-corrected chi connectivity index (χ4v) is 4.51. The molecule has 1 aromatic carbocycles. The predicted octanol–water partition coefficient (Wildman–Crippen LogP) is 3.07. The van der Waals surface area contributed by atoms with Crippen molar-refractivity contribution in [3.8, 4) is 0 Å². The Labute approximate surface area is 109 Å². The molecule has 2 rings (SSSR count). The van der Waals surface area contributed by atoms with Crippen LogP contribution in [0.1, 0.15) is 44.1 Å². The highest BCUT2D eigenvalue weighted by atomic mass is 32.2. The Balaban J connectivity index is 2.31. The SMILES string of the molecule is Cc1cc(S(=O)(=O)C2CCCCCC2)ccc1N. The lowest BCUT2D eigenvalue weighted by atomic mass is 10.2. The Morgan fingerprint density at radius 1 is 1.11 bits per heavy atom. The van der Waals surface area contributed by atoms with E-state index in [4.69, 9.17) is 5.73 Å². The molecule has 1 aliphatic rings. The van der Waals surface area contributed by atoms with Gasteiger partial charge >= 0.3 is 0 Å². The molecular formula is C14H21NO2S. The average Bonchev–Trinajstić information content (AvgIpc) is 2.61. The molecule has 1 saturated carbocycles. The van der Waals surface area contributed by atoms with Gasteiger partial charge in [0.25, 0.3) is 0 Å². The Morgan fingerprint density at radius 3 is 2.28 bits per heavy atom. The van der Waals surface area contributed by atoms with E-state index < -0.39 is 9.84 Å². The van der Waals surface area contributed by atoms with Crippen LogP contribution in [0.25, 0.3) is 0 Å². The summed E-state index contributed by atoms with van der Waals surface area (Å²) in [6.45, 7) is 1.85. The first-order valence-corrected chi connectivity index (χ1v) is 8.16. The van der Waals surface area contributed by atoms with Crippen molar-refractivity contribution >= 4 is 15.5 Å². The highest BCUT2D eigenvalue weighted by molar-refractivity contribution is 7.92. The van der Waals surface area contributed by atoms with E-state index in [1.807, 2.05) is 6.92 Å². The zero-order valence-electron chi connectivity index (χ0n) is 10.9. The van der Waals surface area contributed by atoms with E-state index in [2.05, 4.69) is 0 Å². The number of anilines is 1. The number of benzene rings is 1. The summed E-state index contributed by atoms with van der Waals surface area (Å²) in [4.78, 5) is 0.432. The molecule has 0 heterocycles. The van der Waals surface area contributed by atoms with E-state index in [1.54, 1.807) is 18.2 Å². The number of hydrogen-bond acceptors (Lipinski definition) is 3. The van der Waals surface area contributed by atoms with Crippen LogP contribution >= 0.6 is 0 Å². The van der Waals surface area contributed by atoms with Crippen LogP contribution in [0.3, 0.4) is 0 Å². The molecule has 0 spiro atoms. The number of rotatable bonds is 2. The van der Waals surface area contributed by atoms with Gasteiger partial charge in [0, 0.05) is 5.69 Å². The summed E-state index contributed by atoms with van der Waals surface area (Å²) in [5.41, 5.74) is 7.23. The van der Waals surface area contributed by atoms with Crippen molar-refractivity contribution in [1.29, 1.82) is 0 Å². The lowest BCUT2D eigenvalue weighted by molar-refractivity contribution is 0.563. The zero-order chi connectivity index (χ0) is 13.2. The summed E-state index contributed by atoms with van der Waals surface area (Å²) in [7, 11) is -3.18. The topological polar surface area (TPSA) is 60.2 Å². The Morgan fingerprint density at radius 2 is 1.72 bits per heavy atom. The van der Waals surface area contributed by atoms with E-state index in [1.165, 1.54) is 0 Å². The van der Waals surface area contributed by atoms with Crippen molar-refractivity contribution in [2.24, 2.45) is 0 Å². The van der Waals surface area contributed by atoms with Crippen LogP contribution < -0.4 is 5.73 Å². The largest absolute Gasteiger partial charge is 0.399 e. The van der Waals surface area contributed by atoms with Gasteiger partial charge < -0.3 is 5.73 Å². The summed E-state index contributed by atoms with van der Waals surface area (Å²) in [5.74, 6) is 0. The minimum absolute atomic E-state index is 0.206. The third-order valence-corrected chi connectivity index (χ3v) is 6.07. The third-order valence-electron chi connectivity index (χ3n) is 3.81. The normalized spacial score (nSPS) is 18.5. The van der Waals surface area contributed by atoms with Crippen molar-refractivity contribution in [1.82, 2.24) is 0 Å². The molecule has 0 aromatic heterocycles. The molecule has 100 valence electrons. The van der Waals surface area contributed by atoms with Crippen molar-refractivity contribution in [3.05, 3.63) is 23.8 Å². The molecule has 0 bridgehead atoms. The molecule has 18 heavy (non-hydrogen) atoms. The quantitative estimate of drug-likeness (QED) is 0.661. The lowest BCUT2D eigenvalue weighted by Gasteiger charge is -2.16. The van der Waals surface area contributed by atoms with Gasteiger partial charge in [0.2, 0.25) is 0 Å². The molecule has 4 heteroatoms. The van der Waals surface area contributed by atoms with Gasteiger partial charge in [-0.05, 0) is 43.5 Å². The summed E-state index contributed by atoms with van der Waals surface area (Å²) in [5, 5.41) is -0.206. The average molecular weight is 267 g/mol. The van der Waals surface area contributed by atoms with Gasteiger partial charge in [-0.1, -0.05) is 25.7 Å². The van der Waals surface area contributed by atoms with Gasteiger partial charge in [0.15, 0.2) is 9.84 Å². The van der Waals surface area contributed by atoms with Crippen molar-refractivity contribution in [2.45, 2.75) is 55.6 Å². The Bertz CT molecular complexity index is 515. The van der Waals surface area contributed by atoms with Crippen LogP contribution in [0.5, 0.6) is 0 Å². The van der Waals surface area contributed by atoms with Crippen LogP contribution in [-0.4, -0.2) is 13.7 Å². The molecule has 1 aromatic rings. The maximum absolute atomic E-state index is 12.6. The highest BCUT2D eigenvalue weighted by Crippen LogP contribution is 2.29. The first-order valence-electron chi connectivity index (χ1n) is 6.62. The van der Waals surface area contributed by atoms with Crippen LogP contribution in [0.4, 0.5) is 5.69 Å². The molecule has 0 radical (unpaired) electrons. The minimum Gasteiger partial charge on any atom is -0.399 e. The van der Waals surface area contributed by atoms with E-state index in [-0.39, 0.29) is 5.25 Å². The second-order valence-electron chi connectivity index (χ2n) is 5.18. The molecule has 3 nitrogen and oxygen atoms in total. The van der Waals surface area contributed by atoms with Crippen molar-refractivity contribution in [2.75, 3.05) is 5.73 Å².